The van der Waals surface area contributed by atoms with Gasteiger partial charge in [0.1, 0.15) is 29.7 Å². The molecular formula is C16H17BrFNO2. The van der Waals surface area contributed by atoms with Gasteiger partial charge in [0.2, 0.25) is 0 Å². The van der Waals surface area contributed by atoms with E-state index >= 15 is 0 Å². The highest BCUT2D eigenvalue weighted by atomic mass is 79.9. The summed E-state index contributed by atoms with van der Waals surface area (Å²) in [7, 11) is 0. The highest BCUT2D eigenvalue weighted by Crippen LogP contribution is 2.27. The highest BCUT2D eigenvalue weighted by Gasteiger charge is 2.21. The first-order valence-corrected chi connectivity index (χ1v) is 7.80. The maximum absolute atomic E-state index is 13.0. The summed E-state index contributed by atoms with van der Waals surface area (Å²) in [4.78, 5) is 0. The third kappa shape index (κ3) is 3.86. The summed E-state index contributed by atoms with van der Waals surface area (Å²) in [6.07, 6.45) is 2.54. The smallest absolute Gasteiger partial charge is 0.146 e. The number of rotatable bonds is 6. The van der Waals surface area contributed by atoms with Gasteiger partial charge in [-0.1, -0.05) is 0 Å². The Labute approximate surface area is 131 Å². The van der Waals surface area contributed by atoms with E-state index in [0.717, 1.165) is 18.1 Å². The van der Waals surface area contributed by atoms with Crippen molar-refractivity contribution in [2.24, 2.45) is 0 Å². The van der Waals surface area contributed by atoms with E-state index in [-0.39, 0.29) is 5.82 Å². The number of aryl methyl sites for hydroxylation is 1. The van der Waals surface area contributed by atoms with Gasteiger partial charge in [-0.3, -0.25) is 0 Å². The Bertz CT molecular complexity index is 637. The van der Waals surface area contributed by atoms with Gasteiger partial charge in [-0.2, -0.15) is 0 Å². The van der Waals surface area contributed by atoms with Crippen molar-refractivity contribution in [2.75, 3.05) is 0 Å². The summed E-state index contributed by atoms with van der Waals surface area (Å²) < 4.78 is 25.0. The lowest BCUT2D eigenvalue weighted by atomic mass is 10.2. The molecule has 21 heavy (non-hydrogen) atoms. The van der Waals surface area contributed by atoms with Crippen molar-refractivity contribution < 1.29 is 13.5 Å². The van der Waals surface area contributed by atoms with Crippen LogP contribution in [0.5, 0.6) is 5.75 Å². The van der Waals surface area contributed by atoms with Crippen LogP contribution in [0.3, 0.4) is 0 Å². The fourth-order valence-electron chi connectivity index (χ4n) is 2.12. The zero-order chi connectivity index (χ0) is 14.8. The summed E-state index contributed by atoms with van der Waals surface area (Å²) in [5.74, 6) is 2.00. The van der Waals surface area contributed by atoms with Gasteiger partial charge in [0.05, 0.1) is 4.47 Å². The molecule has 2 aromatic rings. The molecule has 1 saturated carbocycles. The highest BCUT2D eigenvalue weighted by molar-refractivity contribution is 9.10. The van der Waals surface area contributed by atoms with Gasteiger partial charge < -0.3 is 14.5 Å². The molecule has 0 spiro atoms. The molecule has 1 aliphatic carbocycles. The first-order valence-electron chi connectivity index (χ1n) is 7.01. The van der Waals surface area contributed by atoms with Crippen molar-refractivity contribution in [3.05, 3.63) is 51.6 Å². The minimum atomic E-state index is -0.295. The van der Waals surface area contributed by atoms with E-state index in [4.69, 9.17) is 9.15 Å². The summed E-state index contributed by atoms with van der Waals surface area (Å²) in [5.41, 5.74) is 1.17. The Morgan fingerprint density at radius 2 is 2.19 bits per heavy atom. The van der Waals surface area contributed by atoms with Crippen LogP contribution in [0.25, 0.3) is 0 Å². The Hall–Kier alpha value is -1.33. The predicted octanol–water partition coefficient (Wildman–Crippen LogP) is 4.32. The van der Waals surface area contributed by atoms with Crippen molar-refractivity contribution >= 4 is 15.9 Å². The molecule has 0 atom stereocenters. The molecule has 0 bridgehead atoms. The topological polar surface area (TPSA) is 34.4 Å². The number of benzene rings is 1. The van der Waals surface area contributed by atoms with Gasteiger partial charge in [0.25, 0.3) is 0 Å². The molecule has 1 aliphatic rings. The predicted molar refractivity (Wildman–Crippen MR) is 81.7 cm³/mol. The molecular weight excluding hydrogens is 337 g/mol. The van der Waals surface area contributed by atoms with Crippen LogP contribution in [0.1, 0.15) is 29.9 Å². The van der Waals surface area contributed by atoms with Crippen molar-refractivity contribution in [2.45, 2.75) is 39.0 Å². The molecule has 1 aromatic carbocycles. The van der Waals surface area contributed by atoms with Crippen LogP contribution in [0.4, 0.5) is 4.39 Å². The molecule has 3 rings (SSSR count). The Morgan fingerprint density at radius 1 is 1.38 bits per heavy atom. The van der Waals surface area contributed by atoms with Crippen LogP contribution in [0.15, 0.2) is 33.2 Å². The number of halogens is 2. The molecule has 1 heterocycles. The lowest BCUT2D eigenvalue weighted by Gasteiger charge is -2.06. The van der Waals surface area contributed by atoms with Gasteiger partial charge in [0.15, 0.2) is 0 Å². The summed E-state index contributed by atoms with van der Waals surface area (Å²) in [5, 5.41) is 3.47. The minimum Gasteiger partial charge on any atom is -0.484 e. The Kier molecular flexibility index (Phi) is 4.31. The van der Waals surface area contributed by atoms with E-state index < -0.39 is 0 Å². The van der Waals surface area contributed by atoms with Gasteiger partial charge in [-0.25, -0.2) is 4.39 Å². The lowest BCUT2D eigenvalue weighted by Crippen LogP contribution is -2.15. The number of hydrogen-bond acceptors (Lipinski definition) is 3. The van der Waals surface area contributed by atoms with Crippen LogP contribution in [-0.4, -0.2) is 6.04 Å². The van der Waals surface area contributed by atoms with Gasteiger partial charge in [-0.15, -0.1) is 0 Å². The standard InChI is InChI=1S/C16H17BrFNO2/c1-10-11(8-19-13-3-4-13)6-14(21-10)9-20-16-5-2-12(18)7-15(16)17/h2,5-7,13,19H,3-4,8-9H2,1H3. The number of nitrogens with one attached hydrogen (secondary N) is 1. The molecule has 1 fully saturated rings. The SMILES string of the molecule is Cc1oc(COc2ccc(F)cc2Br)cc1CNC1CC1. The quantitative estimate of drug-likeness (QED) is 0.839. The van der Waals surface area contributed by atoms with E-state index in [2.05, 4.69) is 21.2 Å². The summed E-state index contributed by atoms with van der Waals surface area (Å²) in [6, 6.07) is 7.05. The molecule has 3 nitrogen and oxygen atoms in total. The van der Waals surface area contributed by atoms with Gasteiger partial charge in [0, 0.05) is 18.2 Å². The minimum absolute atomic E-state index is 0.295. The second-order valence-corrected chi connectivity index (χ2v) is 6.17. The number of hydrogen-bond donors (Lipinski definition) is 1. The fourth-order valence-corrected chi connectivity index (χ4v) is 2.58. The molecule has 0 radical (unpaired) electrons. The summed E-state index contributed by atoms with van der Waals surface area (Å²) in [6.45, 7) is 3.12. The lowest BCUT2D eigenvalue weighted by molar-refractivity contribution is 0.265. The molecule has 5 heteroatoms. The first-order chi connectivity index (χ1) is 10.1. The van der Waals surface area contributed by atoms with E-state index in [0.29, 0.717) is 22.9 Å². The maximum atomic E-state index is 13.0. The molecule has 0 aliphatic heterocycles. The molecule has 0 amide bonds. The van der Waals surface area contributed by atoms with E-state index in [1.165, 1.54) is 30.5 Å². The summed E-state index contributed by atoms with van der Waals surface area (Å²) >= 11 is 3.28. The van der Waals surface area contributed by atoms with Gasteiger partial charge >= 0.3 is 0 Å². The van der Waals surface area contributed by atoms with Crippen molar-refractivity contribution in [3.8, 4) is 5.75 Å². The van der Waals surface area contributed by atoms with E-state index in [9.17, 15) is 4.39 Å². The maximum Gasteiger partial charge on any atom is 0.146 e. The van der Waals surface area contributed by atoms with Gasteiger partial charge in [-0.05, 0) is 60.0 Å². The second-order valence-electron chi connectivity index (χ2n) is 5.31. The molecule has 0 unspecified atom stereocenters. The third-order valence-corrected chi connectivity index (χ3v) is 4.11. The largest absolute Gasteiger partial charge is 0.484 e. The average molecular weight is 354 g/mol. The fraction of sp³-hybridized carbons (Fsp3) is 0.375. The Balaban J connectivity index is 1.60. The zero-order valence-electron chi connectivity index (χ0n) is 11.8. The molecule has 1 N–H and O–H groups in total. The van der Waals surface area contributed by atoms with Crippen LogP contribution in [0, 0.1) is 12.7 Å². The van der Waals surface area contributed by atoms with Crippen molar-refractivity contribution in [1.29, 1.82) is 0 Å². The van der Waals surface area contributed by atoms with Crippen LogP contribution in [0.2, 0.25) is 0 Å². The molecule has 0 saturated heterocycles. The van der Waals surface area contributed by atoms with Crippen molar-refractivity contribution in [1.82, 2.24) is 5.32 Å². The normalized spacial score (nSPS) is 14.4. The number of furan rings is 1. The molecule has 112 valence electrons. The van der Waals surface area contributed by atoms with Crippen molar-refractivity contribution in [3.63, 3.8) is 0 Å². The van der Waals surface area contributed by atoms with Crippen LogP contribution in [-0.2, 0) is 13.2 Å². The third-order valence-electron chi connectivity index (χ3n) is 3.49. The van der Waals surface area contributed by atoms with E-state index in [1.54, 1.807) is 6.07 Å². The van der Waals surface area contributed by atoms with Crippen LogP contribution < -0.4 is 10.1 Å². The second kappa shape index (κ2) is 6.20. The monoisotopic (exact) mass is 353 g/mol. The van der Waals surface area contributed by atoms with Crippen LogP contribution >= 0.6 is 15.9 Å². The first kappa shape index (κ1) is 14.6. The van der Waals surface area contributed by atoms with E-state index in [1.807, 2.05) is 13.0 Å². The molecule has 1 aromatic heterocycles. The zero-order valence-corrected chi connectivity index (χ0v) is 13.4. The number of ether oxygens (including phenoxy) is 1. The average Bonchev–Trinajstić information content (AvgIpc) is 3.20. The Morgan fingerprint density at radius 3 is 2.90 bits per heavy atom.